The van der Waals surface area contributed by atoms with E-state index in [1.54, 1.807) is 6.21 Å². The van der Waals surface area contributed by atoms with Crippen molar-refractivity contribution < 1.29 is 9.53 Å². The summed E-state index contributed by atoms with van der Waals surface area (Å²) in [6.45, 7) is 4.50. The van der Waals surface area contributed by atoms with Crippen molar-refractivity contribution in [1.29, 1.82) is 0 Å². The molecule has 0 aliphatic carbocycles. The first kappa shape index (κ1) is 19.4. The Morgan fingerprint density at radius 1 is 1.00 bits per heavy atom. The molecule has 4 nitrogen and oxygen atoms in total. The van der Waals surface area contributed by atoms with Crippen LogP contribution < -0.4 is 10.2 Å². The van der Waals surface area contributed by atoms with Crippen LogP contribution in [-0.4, -0.2) is 12.1 Å². The van der Waals surface area contributed by atoms with E-state index in [0.717, 1.165) is 33.6 Å². The first-order chi connectivity index (χ1) is 13.6. The van der Waals surface area contributed by atoms with Crippen molar-refractivity contribution in [3.63, 3.8) is 0 Å². The fourth-order valence-corrected chi connectivity index (χ4v) is 2.83. The van der Waals surface area contributed by atoms with Crippen molar-refractivity contribution in [2.45, 2.75) is 26.9 Å². The molecule has 3 aromatic carbocycles. The smallest absolute Gasteiger partial charge is 0.244 e. The highest BCUT2D eigenvalue weighted by Crippen LogP contribution is 2.17. The van der Waals surface area contributed by atoms with Gasteiger partial charge < -0.3 is 4.74 Å². The third kappa shape index (κ3) is 5.55. The van der Waals surface area contributed by atoms with Gasteiger partial charge in [0.1, 0.15) is 12.4 Å². The lowest BCUT2D eigenvalue weighted by Gasteiger charge is -2.09. The molecule has 1 amide bonds. The summed E-state index contributed by atoms with van der Waals surface area (Å²) in [4.78, 5) is 12.2. The van der Waals surface area contributed by atoms with Gasteiger partial charge in [-0.25, -0.2) is 5.43 Å². The fraction of sp³-hybridized carbons (Fsp3) is 0.167. The minimum Gasteiger partial charge on any atom is -0.488 e. The average molecular weight is 372 g/mol. The normalized spacial score (nSPS) is 10.8. The molecule has 142 valence electrons. The van der Waals surface area contributed by atoms with Gasteiger partial charge in [-0.15, -0.1) is 0 Å². The van der Waals surface area contributed by atoms with Gasteiger partial charge in [0.25, 0.3) is 0 Å². The van der Waals surface area contributed by atoms with Gasteiger partial charge >= 0.3 is 0 Å². The van der Waals surface area contributed by atoms with E-state index in [1.165, 1.54) is 0 Å². The lowest BCUT2D eigenvalue weighted by atomic mass is 10.0. The summed E-state index contributed by atoms with van der Waals surface area (Å²) >= 11 is 0. The van der Waals surface area contributed by atoms with E-state index in [-0.39, 0.29) is 5.91 Å². The van der Waals surface area contributed by atoms with Crippen LogP contribution >= 0.6 is 0 Å². The number of benzene rings is 3. The van der Waals surface area contributed by atoms with E-state index in [2.05, 4.69) is 10.5 Å². The summed E-state index contributed by atoms with van der Waals surface area (Å²) < 4.78 is 5.90. The quantitative estimate of drug-likeness (QED) is 0.488. The number of rotatable bonds is 7. The molecule has 0 unspecified atom stereocenters. The van der Waals surface area contributed by atoms with Crippen LogP contribution in [0.2, 0.25) is 0 Å². The van der Waals surface area contributed by atoms with E-state index >= 15 is 0 Å². The number of hydrogen-bond acceptors (Lipinski definition) is 3. The fourth-order valence-electron chi connectivity index (χ4n) is 2.83. The van der Waals surface area contributed by atoms with Crippen LogP contribution in [0.15, 0.2) is 77.9 Å². The Bertz CT molecular complexity index is 965. The van der Waals surface area contributed by atoms with Crippen molar-refractivity contribution in [2.75, 3.05) is 0 Å². The lowest BCUT2D eigenvalue weighted by molar-refractivity contribution is -0.120. The number of nitrogens with one attached hydrogen (secondary N) is 1. The molecule has 0 aliphatic rings. The molecule has 0 fully saturated rings. The van der Waals surface area contributed by atoms with Crippen molar-refractivity contribution in [1.82, 2.24) is 5.43 Å². The number of ether oxygens (including phenoxy) is 1. The molecule has 0 saturated heterocycles. The zero-order chi connectivity index (χ0) is 19.8. The minimum absolute atomic E-state index is 0.146. The molecule has 4 heteroatoms. The van der Waals surface area contributed by atoms with Crippen molar-refractivity contribution >= 4 is 12.1 Å². The van der Waals surface area contributed by atoms with Gasteiger partial charge in [0, 0.05) is 5.56 Å². The molecule has 0 aromatic heterocycles. The summed E-state index contributed by atoms with van der Waals surface area (Å²) in [7, 11) is 0. The lowest BCUT2D eigenvalue weighted by Crippen LogP contribution is -2.20. The summed E-state index contributed by atoms with van der Waals surface area (Å²) in [6.07, 6.45) is 1.92. The van der Waals surface area contributed by atoms with Gasteiger partial charge in [0.15, 0.2) is 0 Å². The highest BCUT2D eigenvalue weighted by atomic mass is 16.5. The first-order valence-electron chi connectivity index (χ1n) is 9.25. The minimum atomic E-state index is -0.146. The van der Waals surface area contributed by atoms with Crippen LogP contribution in [0.25, 0.3) is 0 Å². The molecule has 0 bridgehead atoms. The number of aryl methyl sites for hydroxylation is 2. The van der Waals surface area contributed by atoms with Gasteiger partial charge in [-0.1, -0.05) is 66.2 Å². The van der Waals surface area contributed by atoms with Gasteiger partial charge in [-0.3, -0.25) is 4.79 Å². The summed E-state index contributed by atoms with van der Waals surface area (Å²) in [5, 5.41) is 4.10. The Labute approximate surface area is 165 Å². The van der Waals surface area contributed by atoms with E-state index in [0.29, 0.717) is 13.0 Å². The second-order valence-electron chi connectivity index (χ2n) is 6.71. The molecule has 0 radical (unpaired) electrons. The Morgan fingerprint density at radius 2 is 1.75 bits per heavy atom. The van der Waals surface area contributed by atoms with Crippen LogP contribution in [0.3, 0.4) is 0 Å². The number of hydrogen-bond donors (Lipinski definition) is 1. The predicted molar refractivity (Wildman–Crippen MR) is 113 cm³/mol. The number of para-hydroxylation sites is 1. The maximum Gasteiger partial charge on any atom is 0.244 e. The maximum absolute atomic E-state index is 12.2. The molecule has 1 N–H and O–H groups in total. The summed E-state index contributed by atoms with van der Waals surface area (Å²) in [6, 6.07) is 23.7. The zero-order valence-electron chi connectivity index (χ0n) is 16.2. The van der Waals surface area contributed by atoms with Gasteiger partial charge in [-0.05, 0) is 42.7 Å². The number of carbonyl (C=O) groups excluding carboxylic acids is 1. The third-order valence-electron chi connectivity index (χ3n) is 4.40. The zero-order valence-corrected chi connectivity index (χ0v) is 16.2. The second-order valence-corrected chi connectivity index (χ2v) is 6.71. The van der Waals surface area contributed by atoms with Crippen molar-refractivity contribution in [2.24, 2.45) is 5.10 Å². The number of carbonyl (C=O) groups is 1. The van der Waals surface area contributed by atoms with Crippen LogP contribution in [-0.2, 0) is 17.8 Å². The molecule has 0 atom stereocenters. The van der Waals surface area contributed by atoms with Crippen LogP contribution in [0.4, 0.5) is 0 Å². The van der Waals surface area contributed by atoms with Crippen molar-refractivity contribution in [3.05, 3.63) is 101 Å². The number of hydrazone groups is 1. The Morgan fingerprint density at radius 3 is 2.57 bits per heavy atom. The molecule has 3 rings (SSSR count). The van der Waals surface area contributed by atoms with Gasteiger partial charge in [-0.2, -0.15) is 5.10 Å². The molecule has 3 aromatic rings. The second kappa shape index (κ2) is 9.51. The molecule has 28 heavy (non-hydrogen) atoms. The topological polar surface area (TPSA) is 50.7 Å². The number of amides is 1. The summed E-state index contributed by atoms with van der Waals surface area (Å²) in [5.74, 6) is 0.575. The molecule has 0 saturated carbocycles. The SMILES string of the molecule is Cc1ccc(C)c(CC(=O)N/N=C/c2ccccc2OCc2ccccc2)c1. The largest absolute Gasteiger partial charge is 0.488 e. The van der Waals surface area contributed by atoms with Gasteiger partial charge in [0.2, 0.25) is 5.91 Å². The van der Waals surface area contributed by atoms with E-state index < -0.39 is 0 Å². The van der Waals surface area contributed by atoms with Crippen LogP contribution in [0.5, 0.6) is 5.75 Å². The standard InChI is InChI=1S/C24H24N2O2/c1-18-12-13-19(2)22(14-18)15-24(27)26-25-16-21-10-6-7-11-23(21)28-17-20-8-4-3-5-9-20/h3-14,16H,15,17H2,1-2H3,(H,26,27)/b25-16+. The molecule has 0 spiro atoms. The Balaban J connectivity index is 1.59. The van der Waals surface area contributed by atoms with E-state index in [9.17, 15) is 4.79 Å². The third-order valence-corrected chi connectivity index (χ3v) is 4.40. The Kier molecular flexibility index (Phi) is 6.58. The van der Waals surface area contributed by atoms with Gasteiger partial charge in [0.05, 0.1) is 12.6 Å². The average Bonchev–Trinajstić information content (AvgIpc) is 2.71. The molecule has 0 heterocycles. The first-order valence-corrected chi connectivity index (χ1v) is 9.25. The van der Waals surface area contributed by atoms with Crippen LogP contribution in [0, 0.1) is 13.8 Å². The van der Waals surface area contributed by atoms with Crippen LogP contribution in [0.1, 0.15) is 27.8 Å². The monoisotopic (exact) mass is 372 g/mol. The maximum atomic E-state index is 12.2. The number of nitrogens with zero attached hydrogens (tertiary/aromatic N) is 1. The highest BCUT2D eigenvalue weighted by Gasteiger charge is 2.06. The predicted octanol–water partition coefficient (Wildman–Crippen LogP) is 4.58. The van der Waals surface area contributed by atoms with E-state index in [4.69, 9.17) is 4.74 Å². The molecule has 0 aliphatic heterocycles. The molecular weight excluding hydrogens is 348 g/mol. The summed E-state index contributed by atoms with van der Waals surface area (Å²) in [5.41, 5.74) is 7.76. The van der Waals surface area contributed by atoms with Crippen molar-refractivity contribution in [3.8, 4) is 5.75 Å². The highest BCUT2D eigenvalue weighted by molar-refractivity contribution is 5.85. The Hall–Kier alpha value is -3.40. The molecular formula is C24H24N2O2. The van der Waals surface area contributed by atoms with E-state index in [1.807, 2.05) is 86.6 Å².